The number of benzene rings is 2. The van der Waals surface area contributed by atoms with Gasteiger partial charge in [0, 0.05) is 10.9 Å². The second-order valence-corrected chi connectivity index (χ2v) is 4.15. The lowest BCUT2D eigenvalue weighted by Gasteiger charge is -1.96. The molecule has 0 spiro atoms. The second kappa shape index (κ2) is 4.91. The molecule has 0 saturated heterocycles. The van der Waals surface area contributed by atoms with Gasteiger partial charge in [-0.3, -0.25) is 0 Å². The van der Waals surface area contributed by atoms with Gasteiger partial charge in [-0.05, 0) is 36.3 Å². The van der Waals surface area contributed by atoms with Crippen molar-refractivity contribution >= 4 is 10.9 Å². The molecule has 0 aliphatic heterocycles. The molecule has 2 heteroatoms. The Labute approximate surface area is 110 Å². The molecular formula is C17H10FN. The lowest BCUT2D eigenvalue weighted by atomic mass is 10.2. The van der Waals surface area contributed by atoms with Crippen molar-refractivity contribution < 1.29 is 4.39 Å². The Morgan fingerprint density at radius 2 is 1.74 bits per heavy atom. The van der Waals surface area contributed by atoms with Gasteiger partial charge < -0.3 is 0 Å². The fourth-order valence-electron chi connectivity index (χ4n) is 1.84. The number of para-hydroxylation sites is 1. The molecule has 0 unspecified atom stereocenters. The second-order valence-electron chi connectivity index (χ2n) is 4.15. The molecule has 0 amide bonds. The number of aromatic nitrogens is 1. The normalized spacial score (nSPS) is 9.95. The van der Waals surface area contributed by atoms with Crippen LogP contribution in [0, 0.1) is 17.7 Å². The minimum atomic E-state index is -0.279. The Morgan fingerprint density at radius 3 is 2.63 bits per heavy atom. The number of nitrogens with zero attached hydrogens (tertiary/aromatic N) is 1. The summed E-state index contributed by atoms with van der Waals surface area (Å²) in [5, 5.41) is 1.08. The van der Waals surface area contributed by atoms with Crippen LogP contribution in [0.1, 0.15) is 11.3 Å². The topological polar surface area (TPSA) is 12.9 Å². The zero-order valence-electron chi connectivity index (χ0n) is 10.1. The highest BCUT2D eigenvalue weighted by Gasteiger charge is 1.95. The maximum atomic E-state index is 13.0. The number of rotatable bonds is 0. The van der Waals surface area contributed by atoms with Crippen LogP contribution in [0.25, 0.3) is 10.9 Å². The van der Waals surface area contributed by atoms with Gasteiger partial charge in [0.05, 0.1) is 5.52 Å². The van der Waals surface area contributed by atoms with E-state index in [9.17, 15) is 4.39 Å². The van der Waals surface area contributed by atoms with Crippen molar-refractivity contribution in [2.45, 2.75) is 0 Å². The quantitative estimate of drug-likeness (QED) is 0.551. The molecule has 0 bridgehead atoms. The van der Waals surface area contributed by atoms with E-state index in [2.05, 4.69) is 16.8 Å². The molecule has 0 atom stereocenters. The molecule has 3 aromatic rings. The fraction of sp³-hybridized carbons (Fsp3) is 0. The lowest BCUT2D eigenvalue weighted by molar-refractivity contribution is 0.627. The molecule has 19 heavy (non-hydrogen) atoms. The third kappa shape index (κ3) is 2.61. The Kier molecular flexibility index (Phi) is 2.96. The Bertz CT molecular complexity index is 797. The maximum Gasteiger partial charge on any atom is 0.124 e. The summed E-state index contributed by atoms with van der Waals surface area (Å²) in [5.41, 5.74) is 2.24. The van der Waals surface area contributed by atoms with Gasteiger partial charge in [-0.15, -0.1) is 0 Å². The maximum absolute atomic E-state index is 13.0. The van der Waals surface area contributed by atoms with Gasteiger partial charge in [0.25, 0.3) is 0 Å². The smallest absolute Gasteiger partial charge is 0.124 e. The predicted octanol–water partition coefficient (Wildman–Crippen LogP) is 3.77. The van der Waals surface area contributed by atoms with Gasteiger partial charge in [0.15, 0.2) is 0 Å². The first kappa shape index (κ1) is 11.4. The van der Waals surface area contributed by atoms with Crippen LogP contribution in [0.3, 0.4) is 0 Å². The van der Waals surface area contributed by atoms with Crippen molar-refractivity contribution in [2.75, 3.05) is 0 Å². The van der Waals surface area contributed by atoms with E-state index in [-0.39, 0.29) is 5.82 Å². The number of pyridine rings is 1. The summed E-state index contributed by atoms with van der Waals surface area (Å²) >= 11 is 0. The van der Waals surface area contributed by atoms with Gasteiger partial charge in [-0.1, -0.05) is 36.3 Å². The Morgan fingerprint density at radius 1 is 0.842 bits per heavy atom. The van der Waals surface area contributed by atoms with Crippen molar-refractivity contribution in [3.63, 3.8) is 0 Å². The SMILES string of the molecule is Fc1cccc(C#Cc2ccc3ccccc3n2)c1. The lowest BCUT2D eigenvalue weighted by Crippen LogP contribution is -1.84. The molecule has 90 valence electrons. The van der Waals surface area contributed by atoms with Gasteiger partial charge in [-0.25, -0.2) is 9.37 Å². The first-order valence-electron chi connectivity index (χ1n) is 5.95. The summed E-state index contributed by atoms with van der Waals surface area (Å²) < 4.78 is 13.0. The standard InChI is InChI=1S/C17H10FN/c18-15-6-3-4-13(12-15)8-10-16-11-9-14-5-1-2-7-17(14)19-16/h1-7,9,11-12H. The van der Waals surface area contributed by atoms with Crippen molar-refractivity contribution in [1.29, 1.82) is 0 Å². The van der Waals surface area contributed by atoms with E-state index in [1.54, 1.807) is 12.1 Å². The Balaban J connectivity index is 1.98. The van der Waals surface area contributed by atoms with Gasteiger partial charge in [-0.2, -0.15) is 0 Å². The molecule has 1 aromatic heterocycles. The molecule has 0 N–H and O–H groups in total. The first-order chi connectivity index (χ1) is 9.31. The summed E-state index contributed by atoms with van der Waals surface area (Å²) in [6.45, 7) is 0. The van der Waals surface area contributed by atoms with Crippen molar-refractivity contribution in [1.82, 2.24) is 4.98 Å². The average molecular weight is 247 g/mol. The van der Waals surface area contributed by atoms with Crippen molar-refractivity contribution in [3.8, 4) is 11.8 Å². The highest BCUT2D eigenvalue weighted by molar-refractivity contribution is 5.78. The van der Waals surface area contributed by atoms with Crippen LogP contribution in [0.4, 0.5) is 4.39 Å². The monoisotopic (exact) mass is 247 g/mol. The molecule has 0 saturated carbocycles. The molecule has 2 aromatic carbocycles. The third-order valence-electron chi connectivity index (χ3n) is 2.76. The molecule has 3 rings (SSSR count). The summed E-state index contributed by atoms with van der Waals surface area (Å²) in [6, 6.07) is 18.0. The molecule has 0 aliphatic rings. The van der Waals surface area contributed by atoms with Crippen LogP contribution in [-0.4, -0.2) is 4.98 Å². The van der Waals surface area contributed by atoms with Crippen molar-refractivity contribution in [2.24, 2.45) is 0 Å². The zero-order chi connectivity index (χ0) is 13.1. The van der Waals surface area contributed by atoms with E-state index in [0.717, 1.165) is 10.9 Å². The van der Waals surface area contributed by atoms with Crippen LogP contribution in [0.2, 0.25) is 0 Å². The molecule has 1 heterocycles. The van der Waals surface area contributed by atoms with Crippen LogP contribution < -0.4 is 0 Å². The third-order valence-corrected chi connectivity index (χ3v) is 2.76. The summed E-state index contributed by atoms with van der Waals surface area (Å²) in [4.78, 5) is 4.45. The molecule has 0 fully saturated rings. The van der Waals surface area contributed by atoms with E-state index < -0.39 is 0 Å². The molecule has 1 nitrogen and oxygen atoms in total. The van der Waals surface area contributed by atoms with E-state index in [4.69, 9.17) is 0 Å². The van der Waals surface area contributed by atoms with Gasteiger partial charge in [0.2, 0.25) is 0 Å². The average Bonchev–Trinajstić information content (AvgIpc) is 2.45. The summed E-state index contributed by atoms with van der Waals surface area (Å²) in [5.74, 6) is 5.59. The van der Waals surface area contributed by atoms with E-state index in [0.29, 0.717) is 11.3 Å². The van der Waals surface area contributed by atoms with Crippen LogP contribution in [-0.2, 0) is 0 Å². The largest absolute Gasteiger partial charge is 0.239 e. The van der Waals surface area contributed by atoms with Gasteiger partial charge in [0.1, 0.15) is 11.5 Å². The fourth-order valence-corrected chi connectivity index (χ4v) is 1.84. The number of fused-ring (bicyclic) bond motifs is 1. The molecular weight excluding hydrogens is 237 g/mol. The highest BCUT2D eigenvalue weighted by atomic mass is 19.1. The minimum absolute atomic E-state index is 0.279. The van der Waals surface area contributed by atoms with E-state index in [1.165, 1.54) is 12.1 Å². The van der Waals surface area contributed by atoms with Crippen LogP contribution in [0.15, 0.2) is 60.7 Å². The minimum Gasteiger partial charge on any atom is -0.239 e. The van der Waals surface area contributed by atoms with Crippen molar-refractivity contribution in [3.05, 3.63) is 77.7 Å². The zero-order valence-corrected chi connectivity index (χ0v) is 10.1. The van der Waals surface area contributed by atoms with E-state index >= 15 is 0 Å². The summed E-state index contributed by atoms with van der Waals surface area (Å²) in [7, 11) is 0. The van der Waals surface area contributed by atoms with E-state index in [1.807, 2.05) is 36.4 Å². The summed E-state index contributed by atoms with van der Waals surface area (Å²) in [6.07, 6.45) is 0. The number of hydrogen-bond donors (Lipinski definition) is 0. The Hall–Kier alpha value is -2.66. The van der Waals surface area contributed by atoms with Crippen LogP contribution >= 0.6 is 0 Å². The van der Waals surface area contributed by atoms with Crippen LogP contribution in [0.5, 0.6) is 0 Å². The molecule has 0 aliphatic carbocycles. The predicted molar refractivity (Wildman–Crippen MR) is 74.1 cm³/mol. The molecule has 0 radical (unpaired) electrons. The number of halogens is 1. The highest BCUT2D eigenvalue weighted by Crippen LogP contribution is 2.11. The first-order valence-corrected chi connectivity index (χ1v) is 5.95. The number of hydrogen-bond acceptors (Lipinski definition) is 1. The van der Waals surface area contributed by atoms with Gasteiger partial charge >= 0.3 is 0 Å².